The van der Waals surface area contributed by atoms with Crippen molar-refractivity contribution in [2.75, 3.05) is 19.0 Å². The predicted octanol–water partition coefficient (Wildman–Crippen LogP) is 4.14. The standard InChI is InChI=1S/C20H23NO3/c1-4-12-24-18-7-5-6-17(14-18)21-20(22)11-9-16-8-10-19(23-3)15(2)13-16/h4-8,10,13-14H,1,9,11-12H2,2-3H3,(H,21,22). The molecule has 0 aliphatic heterocycles. The summed E-state index contributed by atoms with van der Waals surface area (Å²) < 4.78 is 10.7. The molecule has 2 aromatic carbocycles. The van der Waals surface area contributed by atoms with Crippen LogP contribution in [0.3, 0.4) is 0 Å². The van der Waals surface area contributed by atoms with Crippen molar-refractivity contribution in [1.82, 2.24) is 0 Å². The van der Waals surface area contributed by atoms with E-state index in [0.29, 0.717) is 25.2 Å². The van der Waals surface area contributed by atoms with E-state index in [2.05, 4.69) is 18.0 Å². The maximum absolute atomic E-state index is 12.1. The van der Waals surface area contributed by atoms with E-state index in [-0.39, 0.29) is 5.91 Å². The first-order valence-corrected chi connectivity index (χ1v) is 7.89. The van der Waals surface area contributed by atoms with Crippen LogP contribution in [0.4, 0.5) is 5.69 Å². The lowest BCUT2D eigenvalue weighted by atomic mass is 10.1. The van der Waals surface area contributed by atoms with Crippen LogP contribution in [-0.4, -0.2) is 19.6 Å². The molecule has 4 nitrogen and oxygen atoms in total. The van der Waals surface area contributed by atoms with Gasteiger partial charge in [-0.25, -0.2) is 0 Å². The zero-order valence-corrected chi connectivity index (χ0v) is 14.2. The molecule has 0 atom stereocenters. The Kier molecular flexibility index (Phi) is 6.43. The largest absolute Gasteiger partial charge is 0.496 e. The summed E-state index contributed by atoms with van der Waals surface area (Å²) in [4.78, 5) is 12.1. The highest BCUT2D eigenvalue weighted by Gasteiger charge is 2.06. The summed E-state index contributed by atoms with van der Waals surface area (Å²) in [5.41, 5.74) is 2.92. The van der Waals surface area contributed by atoms with Gasteiger partial charge >= 0.3 is 0 Å². The van der Waals surface area contributed by atoms with E-state index in [4.69, 9.17) is 9.47 Å². The second-order valence-electron chi connectivity index (χ2n) is 5.48. The fourth-order valence-corrected chi connectivity index (χ4v) is 2.40. The second-order valence-corrected chi connectivity index (χ2v) is 5.48. The molecule has 0 spiro atoms. The molecule has 0 saturated carbocycles. The number of anilines is 1. The molecule has 0 saturated heterocycles. The quantitative estimate of drug-likeness (QED) is 0.742. The average molecular weight is 325 g/mol. The maximum Gasteiger partial charge on any atom is 0.224 e. The number of hydrogen-bond donors (Lipinski definition) is 1. The molecule has 0 radical (unpaired) electrons. The Morgan fingerprint density at radius 3 is 2.79 bits per heavy atom. The van der Waals surface area contributed by atoms with Crippen LogP contribution in [0.2, 0.25) is 0 Å². The summed E-state index contributed by atoms with van der Waals surface area (Å²) in [6.45, 7) is 6.05. The summed E-state index contributed by atoms with van der Waals surface area (Å²) in [7, 11) is 1.66. The minimum absolute atomic E-state index is 0.0238. The number of ether oxygens (including phenoxy) is 2. The molecule has 1 amide bonds. The first kappa shape index (κ1) is 17.6. The lowest BCUT2D eigenvalue weighted by Gasteiger charge is -2.09. The van der Waals surface area contributed by atoms with Crippen LogP contribution in [0.5, 0.6) is 11.5 Å². The van der Waals surface area contributed by atoms with Crippen molar-refractivity contribution in [3.05, 3.63) is 66.2 Å². The predicted molar refractivity (Wildman–Crippen MR) is 96.8 cm³/mol. The van der Waals surface area contributed by atoms with Gasteiger partial charge in [0.05, 0.1) is 7.11 Å². The Hall–Kier alpha value is -2.75. The number of amides is 1. The normalized spacial score (nSPS) is 10.1. The van der Waals surface area contributed by atoms with Gasteiger partial charge in [-0.2, -0.15) is 0 Å². The molecule has 0 aliphatic rings. The Bertz CT molecular complexity index is 710. The van der Waals surface area contributed by atoms with Crippen LogP contribution in [0.15, 0.2) is 55.1 Å². The van der Waals surface area contributed by atoms with E-state index in [1.54, 1.807) is 19.3 Å². The number of benzene rings is 2. The van der Waals surface area contributed by atoms with Crippen LogP contribution < -0.4 is 14.8 Å². The van der Waals surface area contributed by atoms with E-state index in [0.717, 1.165) is 22.6 Å². The summed E-state index contributed by atoms with van der Waals surface area (Å²) in [5, 5.41) is 2.90. The third-order valence-electron chi connectivity index (χ3n) is 3.59. The molecule has 2 aromatic rings. The van der Waals surface area contributed by atoms with Crippen molar-refractivity contribution in [2.45, 2.75) is 19.8 Å². The third kappa shape index (κ3) is 5.16. The summed E-state index contributed by atoms with van der Waals surface area (Å²) in [6.07, 6.45) is 2.79. The van der Waals surface area contributed by atoms with Crippen molar-refractivity contribution in [3.8, 4) is 11.5 Å². The van der Waals surface area contributed by atoms with E-state index >= 15 is 0 Å². The molecule has 0 aromatic heterocycles. The van der Waals surface area contributed by atoms with Crippen molar-refractivity contribution in [1.29, 1.82) is 0 Å². The molecule has 0 aliphatic carbocycles. The van der Waals surface area contributed by atoms with E-state index in [1.165, 1.54) is 0 Å². The highest BCUT2D eigenvalue weighted by atomic mass is 16.5. The van der Waals surface area contributed by atoms with Gasteiger partial charge in [0.2, 0.25) is 5.91 Å². The van der Waals surface area contributed by atoms with Crippen molar-refractivity contribution >= 4 is 11.6 Å². The molecule has 2 rings (SSSR count). The van der Waals surface area contributed by atoms with Gasteiger partial charge in [-0.15, -0.1) is 0 Å². The molecule has 0 heterocycles. The van der Waals surface area contributed by atoms with Crippen molar-refractivity contribution < 1.29 is 14.3 Å². The van der Waals surface area contributed by atoms with Gasteiger partial charge in [0.1, 0.15) is 18.1 Å². The zero-order valence-electron chi connectivity index (χ0n) is 14.2. The van der Waals surface area contributed by atoms with E-state index in [9.17, 15) is 4.79 Å². The number of carbonyl (C=O) groups excluding carboxylic acids is 1. The topological polar surface area (TPSA) is 47.6 Å². The fourth-order valence-electron chi connectivity index (χ4n) is 2.40. The van der Waals surface area contributed by atoms with Gasteiger partial charge in [0.15, 0.2) is 0 Å². The summed E-state index contributed by atoms with van der Waals surface area (Å²) >= 11 is 0. The first-order valence-electron chi connectivity index (χ1n) is 7.89. The maximum atomic E-state index is 12.1. The number of aryl methyl sites for hydroxylation is 2. The Labute approximate surface area is 143 Å². The Morgan fingerprint density at radius 2 is 2.08 bits per heavy atom. The molecule has 0 bridgehead atoms. The number of methoxy groups -OCH3 is 1. The van der Waals surface area contributed by atoms with Gasteiger partial charge < -0.3 is 14.8 Å². The monoisotopic (exact) mass is 325 g/mol. The highest BCUT2D eigenvalue weighted by Crippen LogP contribution is 2.20. The number of hydrogen-bond acceptors (Lipinski definition) is 3. The Balaban J connectivity index is 1.89. The molecule has 24 heavy (non-hydrogen) atoms. The molecule has 4 heteroatoms. The first-order chi connectivity index (χ1) is 11.6. The number of carbonyl (C=O) groups is 1. The number of rotatable bonds is 8. The summed E-state index contributed by atoms with van der Waals surface area (Å²) in [5.74, 6) is 1.54. The molecular formula is C20H23NO3. The lowest BCUT2D eigenvalue weighted by Crippen LogP contribution is -2.12. The van der Waals surface area contributed by atoms with Crippen LogP contribution in [-0.2, 0) is 11.2 Å². The summed E-state index contributed by atoms with van der Waals surface area (Å²) in [6, 6.07) is 13.3. The van der Waals surface area contributed by atoms with E-state index < -0.39 is 0 Å². The molecule has 1 N–H and O–H groups in total. The molecule has 126 valence electrons. The lowest BCUT2D eigenvalue weighted by molar-refractivity contribution is -0.116. The highest BCUT2D eigenvalue weighted by molar-refractivity contribution is 5.91. The molecular weight excluding hydrogens is 302 g/mol. The average Bonchev–Trinajstić information content (AvgIpc) is 2.58. The molecule has 0 unspecified atom stereocenters. The smallest absolute Gasteiger partial charge is 0.224 e. The fraction of sp³-hybridized carbons (Fsp3) is 0.250. The van der Waals surface area contributed by atoms with Crippen LogP contribution >= 0.6 is 0 Å². The zero-order chi connectivity index (χ0) is 17.4. The van der Waals surface area contributed by atoms with Crippen LogP contribution in [0.25, 0.3) is 0 Å². The minimum Gasteiger partial charge on any atom is -0.496 e. The van der Waals surface area contributed by atoms with Gasteiger partial charge in [-0.3, -0.25) is 4.79 Å². The van der Waals surface area contributed by atoms with Gasteiger partial charge in [0.25, 0.3) is 0 Å². The third-order valence-corrected chi connectivity index (χ3v) is 3.59. The van der Waals surface area contributed by atoms with Gasteiger partial charge in [-0.05, 0) is 42.7 Å². The Morgan fingerprint density at radius 1 is 1.25 bits per heavy atom. The van der Waals surface area contributed by atoms with Crippen LogP contribution in [0, 0.1) is 6.92 Å². The van der Waals surface area contributed by atoms with Crippen molar-refractivity contribution in [3.63, 3.8) is 0 Å². The van der Waals surface area contributed by atoms with Crippen LogP contribution in [0.1, 0.15) is 17.5 Å². The minimum atomic E-state index is -0.0238. The van der Waals surface area contributed by atoms with E-state index in [1.807, 2.05) is 37.3 Å². The van der Waals surface area contributed by atoms with Crippen molar-refractivity contribution in [2.24, 2.45) is 0 Å². The SMILES string of the molecule is C=CCOc1cccc(NC(=O)CCc2ccc(OC)c(C)c2)c1. The number of nitrogens with one attached hydrogen (secondary N) is 1. The molecule has 0 fully saturated rings. The van der Waals surface area contributed by atoms with Gasteiger partial charge in [0, 0.05) is 18.2 Å². The second kappa shape index (κ2) is 8.77. The van der Waals surface area contributed by atoms with Gasteiger partial charge in [-0.1, -0.05) is 30.9 Å².